The van der Waals surface area contributed by atoms with E-state index in [1.54, 1.807) is 17.0 Å². The molecule has 0 N–H and O–H groups in total. The molecule has 0 aliphatic carbocycles. The molecule has 1 aromatic heterocycles. The van der Waals surface area contributed by atoms with Gasteiger partial charge in [0.05, 0.1) is 5.69 Å². The highest BCUT2D eigenvalue weighted by atomic mass is 35.5. The van der Waals surface area contributed by atoms with Crippen LogP contribution < -0.4 is 9.64 Å². The van der Waals surface area contributed by atoms with Gasteiger partial charge >= 0.3 is 0 Å². The zero-order chi connectivity index (χ0) is 21.3. The normalized spacial score (nSPS) is 15.1. The number of aromatic nitrogens is 3. The van der Waals surface area contributed by atoms with Crippen LogP contribution in [0.1, 0.15) is 37.6 Å². The monoisotopic (exact) mass is 440 g/mol. The van der Waals surface area contributed by atoms with Gasteiger partial charge in [-0.15, -0.1) is 10.2 Å². The summed E-state index contributed by atoms with van der Waals surface area (Å²) in [6.45, 7) is 5.86. The summed E-state index contributed by atoms with van der Waals surface area (Å²) >= 11 is 7.77. The highest BCUT2D eigenvalue weighted by Crippen LogP contribution is 2.44. The summed E-state index contributed by atoms with van der Waals surface area (Å²) in [7, 11) is 0. The van der Waals surface area contributed by atoms with Crippen molar-refractivity contribution in [1.82, 2.24) is 15.2 Å². The molecule has 0 fully saturated rings. The highest BCUT2D eigenvalue weighted by molar-refractivity contribution is 7.99. The van der Waals surface area contributed by atoms with E-state index in [1.165, 1.54) is 11.8 Å². The second kappa shape index (κ2) is 8.62. The standard InChI is InChI=1S/C22H21ClN4O2S/c1-4-18(28)27-17-10-9-15(23)12-16(17)19-20(24-22(26-25-19)30-5-2)29-21(27)14-8-6-7-13(3)11-14/h6-12,21H,4-5H2,1-3H3/t21-/m1/s1. The predicted molar refractivity (Wildman–Crippen MR) is 119 cm³/mol. The van der Waals surface area contributed by atoms with Crippen molar-refractivity contribution in [3.05, 3.63) is 58.6 Å². The number of carbonyl (C=O) groups excluding carboxylic acids is 1. The van der Waals surface area contributed by atoms with Gasteiger partial charge in [0.1, 0.15) is 0 Å². The summed E-state index contributed by atoms with van der Waals surface area (Å²) in [4.78, 5) is 19.4. The van der Waals surface area contributed by atoms with Gasteiger partial charge in [-0.25, -0.2) is 0 Å². The van der Waals surface area contributed by atoms with E-state index in [1.807, 2.05) is 51.1 Å². The third kappa shape index (κ3) is 3.87. The molecule has 0 unspecified atom stereocenters. The molecule has 8 heteroatoms. The number of benzene rings is 2. The minimum atomic E-state index is -0.685. The molecule has 154 valence electrons. The zero-order valence-electron chi connectivity index (χ0n) is 16.9. The Kier molecular flexibility index (Phi) is 5.92. The largest absolute Gasteiger partial charge is 0.447 e. The molecule has 2 aromatic carbocycles. The maximum Gasteiger partial charge on any atom is 0.247 e. The SMILES string of the molecule is CCSc1nnc2c(n1)O[C@H](c1cccc(C)c1)N(C(=O)CC)c1ccc(Cl)cc1-2. The van der Waals surface area contributed by atoms with Crippen molar-refractivity contribution in [1.29, 1.82) is 0 Å². The van der Waals surface area contributed by atoms with Gasteiger partial charge in [-0.1, -0.05) is 67.0 Å². The number of halogens is 1. The summed E-state index contributed by atoms with van der Waals surface area (Å²) < 4.78 is 6.38. The van der Waals surface area contributed by atoms with E-state index >= 15 is 0 Å². The minimum absolute atomic E-state index is 0.0750. The summed E-state index contributed by atoms with van der Waals surface area (Å²) in [6.07, 6.45) is -0.366. The van der Waals surface area contributed by atoms with Crippen LogP contribution in [0.3, 0.4) is 0 Å². The smallest absolute Gasteiger partial charge is 0.247 e. The number of anilines is 1. The first-order valence-corrected chi connectivity index (χ1v) is 11.1. The average Bonchev–Trinajstić information content (AvgIpc) is 2.87. The van der Waals surface area contributed by atoms with Crippen LogP contribution in [0.25, 0.3) is 11.3 Å². The molecule has 0 saturated heterocycles. The van der Waals surface area contributed by atoms with E-state index in [4.69, 9.17) is 16.3 Å². The van der Waals surface area contributed by atoms with Gasteiger partial charge in [0.25, 0.3) is 0 Å². The van der Waals surface area contributed by atoms with Crippen LogP contribution in [-0.4, -0.2) is 26.8 Å². The predicted octanol–water partition coefficient (Wildman–Crippen LogP) is 5.45. The van der Waals surface area contributed by atoms with E-state index in [2.05, 4.69) is 15.2 Å². The molecule has 3 aromatic rings. The van der Waals surface area contributed by atoms with Crippen molar-refractivity contribution < 1.29 is 9.53 Å². The Labute approximate surface area is 184 Å². The lowest BCUT2D eigenvalue weighted by Gasteiger charge is -2.30. The quantitative estimate of drug-likeness (QED) is 0.502. The molecular formula is C22H21ClN4O2S. The molecule has 1 aliphatic rings. The maximum atomic E-state index is 13.1. The second-order valence-corrected chi connectivity index (χ2v) is 8.51. The number of rotatable bonds is 4. The van der Waals surface area contributed by atoms with Gasteiger partial charge in [0, 0.05) is 22.6 Å². The van der Waals surface area contributed by atoms with E-state index in [-0.39, 0.29) is 5.91 Å². The van der Waals surface area contributed by atoms with Crippen molar-refractivity contribution in [2.24, 2.45) is 0 Å². The van der Waals surface area contributed by atoms with E-state index in [0.29, 0.717) is 39.4 Å². The third-order valence-electron chi connectivity index (χ3n) is 4.74. The van der Waals surface area contributed by atoms with E-state index in [0.717, 1.165) is 16.9 Å². The Balaban J connectivity index is 1.98. The first kappa shape index (κ1) is 20.6. The lowest BCUT2D eigenvalue weighted by molar-refractivity contribution is -0.120. The Hall–Kier alpha value is -2.64. The molecule has 1 atom stereocenters. The zero-order valence-corrected chi connectivity index (χ0v) is 18.5. The topological polar surface area (TPSA) is 68.2 Å². The summed E-state index contributed by atoms with van der Waals surface area (Å²) in [5.41, 5.74) is 3.74. The minimum Gasteiger partial charge on any atom is -0.447 e. The van der Waals surface area contributed by atoms with Gasteiger partial charge in [-0.3, -0.25) is 9.69 Å². The van der Waals surface area contributed by atoms with Gasteiger partial charge in [0.15, 0.2) is 5.69 Å². The Morgan fingerprint density at radius 1 is 1.20 bits per heavy atom. The second-order valence-electron chi connectivity index (χ2n) is 6.84. The highest BCUT2D eigenvalue weighted by Gasteiger charge is 2.35. The molecule has 6 nitrogen and oxygen atoms in total. The number of nitrogens with zero attached hydrogens (tertiary/aromatic N) is 4. The van der Waals surface area contributed by atoms with Crippen LogP contribution >= 0.6 is 23.4 Å². The lowest BCUT2D eigenvalue weighted by Crippen LogP contribution is -2.37. The number of amides is 1. The van der Waals surface area contributed by atoms with Crippen molar-refractivity contribution in [3.63, 3.8) is 0 Å². The van der Waals surface area contributed by atoms with Crippen LogP contribution in [0.5, 0.6) is 5.88 Å². The van der Waals surface area contributed by atoms with Crippen molar-refractivity contribution in [3.8, 4) is 17.1 Å². The van der Waals surface area contributed by atoms with Crippen LogP contribution in [-0.2, 0) is 4.79 Å². The van der Waals surface area contributed by atoms with Crippen LogP contribution in [0.15, 0.2) is 47.6 Å². The third-order valence-corrected chi connectivity index (χ3v) is 5.69. The van der Waals surface area contributed by atoms with Gasteiger partial charge < -0.3 is 4.74 Å². The maximum absolute atomic E-state index is 13.1. The van der Waals surface area contributed by atoms with Crippen molar-refractivity contribution in [2.75, 3.05) is 10.7 Å². The Morgan fingerprint density at radius 3 is 2.77 bits per heavy atom. The van der Waals surface area contributed by atoms with E-state index in [9.17, 15) is 4.79 Å². The Bertz CT molecular complexity index is 1110. The summed E-state index contributed by atoms with van der Waals surface area (Å²) in [5, 5.41) is 9.68. The molecule has 1 aliphatic heterocycles. The van der Waals surface area contributed by atoms with Crippen LogP contribution in [0.4, 0.5) is 5.69 Å². The number of thioether (sulfide) groups is 1. The van der Waals surface area contributed by atoms with E-state index < -0.39 is 6.23 Å². The Morgan fingerprint density at radius 2 is 2.03 bits per heavy atom. The lowest BCUT2D eigenvalue weighted by atomic mass is 10.1. The number of aryl methyl sites for hydroxylation is 1. The molecule has 4 rings (SSSR count). The van der Waals surface area contributed by atoms with Gasteiger partial charge in [0.2, 0.25) is 23.2 Å². The first-order chi connectivity index (χ1) is 14.5. The number of ether oxygens (including phenoxy) is 1. The van der Waals surface area contributed by atoms with Crippen LogP contribution in [0.2, 0.25) is 5.02 Å². The number of fused-ring (bicyclic) bond motifs is 3. The molecule has 0 radical (unpaired) electrons. The molecule has 1 amide bonds. The number of carbonyl (C=O) groups is 1. The van der Waals surface area contributed by atoms with Gasteiger partial charge in [-0.2, -0.15) is 4.98 Å². The van der Waals surface area contributed by atoms with Crippen molar-refractivity contribution >= 4 is 35.0 Å². The van der Waals surface area contributed by atoms with Gasteiger partial charge in [-0.05, 0) is 30.9 Å². The summed E-state index contributed by atoms with van der Waals surface area (Å²) in [5.74, 6) is 1.07. The fourth-order valence-corrected chi connectivity index (χ4v) is 4.08. The number of hydrogen-bond donors (Lipinski definition) is 0. The average molecular weight is 441 g/mol. The summed E-state index contributed by atoms with van der Waals surface area (Å²) in [6, 6.07) is 13.3. The molecule has 0 saturated carbocycles. The fraction of sp³-hybridized carbons (Fsp3) is 0.273. The molecule has 30 heavy (non-hydrogen) atoms. The first-order valence-electron chi connectivity index (χ1n) is 9.74. The molecule has 2 heterocycles. The van der Waals surface area contributed by atoms with Crippen molar-refractivity contribution in [2.45, 2.75) is 38.6 Å². The molecule has 0 bridgehead atoms. The fourth-order valence-electron chi connectivity index (χ4n) is 3.41. The van der Waals surface area contributed by atoms with Crippen LogP contribution in [0, 0.1) is 6.92 Å². The molecular weight excluding hydrogens is 420 g/mol. The number of hydrogen-bond acceptors (Lipinski definition) is 6. The molecule has 0 spiro atoms.